The molecule has 0 saturated heterocycles. The molecule has 0 saturated carbocycles. The monoisotopic (exact) mass is 261 g/mol. The van der Waals surface area contributed by atoms with E-state index in [0.717, 1.165) is 17.1 Å². The van der Waals surface area contributed by atoms with Gasteiger partial charge < -0.3 is 15.2 Å². The molecule has 0 fully saturated rings. The molecule has 0 aliphatic heterocycles. The van der Waals surface area contributed by atoms with Crippen LogP contribution in [-0.4, -0.2) is 16.9 Å². The average molecular weight is 261 g/mol. The van der Waals surface area contributed by atoms with E-state index in [1.807, 2.05) is 38.1 Å². The number of nitrogens with zero attached hydrogens (tertiary/aromatic N) is 2. The van der Waals surface area contributed by atoms with E-state index in [9.17, 15) is 0 Å². The van der Waals surface area contributed by atoms with Crippen LogP contribution < -0.4 is 15.2 Å². The number of rotatable bonds is 5. The number of anilines is 1. The highest BCUT2D eigenvalue weighted by Crippen LogP contribution is 2.21. The molecule has 0 unspecified atom stereocenters. The number of aromatic nitrogens is 2. The predicted octanol–water partition coefficient (Wildman–Crippen LogP) is 2.63. The van der Waals surface area contributed by atoms with Gasteiger partial charge in [-0.25, -0.2) is 4.68 Å². The molecule has 102 valence electrons. The van der Waals surface area contributed by atoms with Crippen molar-refractivity contribution in [2.45, 2.75) is 26.5 Å². The molecule has 1 aromatic carbocycles. The Balaban J connectivity index is 2.02. The topological polar surface area (TPSA) is 62.3 Å². The highest BCUT2D eigenvalue weighted by Gasteiger charge is 2.10. The van der Waals surface area contributed by atoms with Crippen LogP contribution in [0.4, 0.5) is 5.82 Å². The Morgan fingerprint density at radius 1 is 1.21 bits per heavy atom. The van der Waals surface area contributed by atoms with Gasteiger partial charge in [-0.05, 0) is 38.1 Å². The molecule has 2 aromatic rings. The van der Waals surface area contributed by atoms with Gasteiger partial charge in [0.15, 0.2) is 0 Å². The van der Waals surface area contributed by atoms with Crippen molar-refractivity contribution >= 4 is 5.82 Å². The number of ether oxygens (including phenoxy) is 2. The van der Waals surface area contributed by atoms with Gasteiger partial charge in [-0.1, -0.05) is 0 Å². The van der Waals surface area contributed by atoms with Crippen molar-refractivity contribution in [3.8, 4) is 11.5 Å². The molecule has 19 heavy (non-hydrogen) atoms. The third-order valence-electron chi connectivity index (χ3n) is 2.86. The summed E-state index contributed by atoms with van der Waals surface area (Å²) in [6, 6.07) is 7.69. The van der Waals surface area contributed by atoms with Crippen LogP contribution in [0.5, 0.6) is 11.5 Å². The predicted molar refractivity (Wildman–Crippen MR) is 74.4 cm³/mol. The molecule has 1 heterocycles. The number of benzene rings is 1. The molecular formula is C14H19N3O2. The maximum atomic E-state index is 6.01. The minimum Gasteiger partial charge on any atom is -0.497 e. The zero-order valence-electron chi connectivity index (χ0n) is 11.5. The van der Waals surface area contributed by atoms with Crippen molar-refractivity contribution in [1.29, 1.82) is 0 Å². The standard InChI is InChI=1S/C14H19N3O2/c1-10(2)17-14(15)11(8-16-17)9-19-13-6-4-12(18-3)5-7-13/h4-8,10H,9,15H2,1-3H3. The van der Waals surface area contributed by atoms with E-state index < -0.39 is 0 Å². The minimum atomic E-state index is 0.245. The Morgan fingerprint density at radius 3 is 2.37 bits per heavy atom. The van der Waals surface area contributed by atoms with E-state index in [1.165, 1.54) is 0 Å². The quantitative estimate of drug-likeness (QED) is 0.898. The fourth-order valence-corrected chi connectivity index (χ4v) is 1.76. The van der Waals surface area contributed by atoms with Crippen LogP contribution in [0.25, 0.3) is 0 Å². The maximum absolute atomic E-state index is 6.01. The molecule has 5 heteroatoms. The lowest BCUT2D eigenvalue weighted by molar-refractivity contribution is 0.306. The van der Waals surface area contributed by atoms with Crippen LogP contribution in [0.3, 0.4) is 0 Å². The Morgan fingerprint density at radius 2 is 1.84 bits per heavy atom. The second kappa shape index (κ2) is 5.65. The van der Waals surface area contributed by atoms with Crippen molar-refractivity contribution in [2.75, 3.05) is 12.8 Å². The van der Waals surface area contributed by atoms with E-state index in [0.29, 0.717) is 12.4 Å². The zero-order valence-corrected chi connectivity index (χ0v) is 11.5. The van der Waals surface area contributed by atoms with Crippen LogP contribution >= 0.6 is 0 Å². The highest BCUT2D eigenvalue weighted by atomic mass is 16.5. The van der Waals surface area contributed by atoms with Gasteiger partial charge in [0.1, 0.15) is 23.9 Å². The Bertz CT molecular complexity index is 532. The molecule has 0 aliphatic rings. The lowest BCUT2D eigenvalue weighted by Crippen LogP contribution is -2.08. The molecule has 5 nitrogen and oxygen atoms in total. The lowest BCUT2D eigenvalue weighted by atomic mass is 10.3. The molecule has 2 rings (SSSR count). The third-order valence-corrected chi connectivity index (χ3v) is 2.86. The van der Waals surface area contributed by atoms with E-state index >= 15 is 0 Å². The first-order valence-electron chi connectivity index (χ1n) is 6.20. The number of hydrogen-bond donors (Lipinski definition) is 1. The largest absolute Gasteiger partial charge is 0.497 e. The van der Waals surface area contributed by atoms with E-state index in [1.54, 1.807) is 18.0 Å². The Hall–Kier alpha value is -2.17. The summed E-state index contributed by atoms with van der Waals surface area (Å²) in [5.74, 6) is 2.24. The van der Waals surface area contributed by atoms with Crippen LogP contribution in [0.15, 0.2) is 30.5 Å². The fraction of sp³-hybridized carbons (Fsp3) is 0.357. The first-order chi connectivity index (χ1) is 9.11. The van der Waals surface area contributed by atoms with E-state index in [4.69, 9.17) is 15.2 Å². The molecule has 0 spiro atoms. The summed E-state index contributed by atoms with van der Waals surface area (Å²) in [5, 5.41) is 4.25. The first kappa shape index (κ1) is 13.3. The zero-order chi connectivity index (χ0) is 13.8. The van der Waals surface area contributed by atoms with Crippen LogP contribution in [0.2, 0.25) is 0 Å². The van der Waals surface area contributed by atoms with Gasteiger partial charge in [0.2, 0.25) is 0 Å². The number of nitrogen functional groups attached to an aromatic ring is 1. The highest BCUT2D eigenvalue weighted by molar-refractivity contribution is 5.39. The molecule has 1 aromatic heterocycles. The smallest absolute Gasteiger partial charge is 0.128 e. The number of hydrogen-bond acceptors (Lipinski definition) is 4. The van der Waals surface area contributed by atoms with Crippen LogP contribution in [-0.2, 0) is 6.61 Å². The maximum Gasteiger partial charge on any atom is 0.128 e. The molecule has 2 N–H and O–H groups in total. The summed E-state index contributed by atoms with van der Waals surface area (Å²) in [4.78, 5) is 0. The third kappa shape index (κ3) is 2.99. The summed E-state index contributed by atoms with van der Waals surface area (Å²) < 4.78 is 12.6. The van der Waals surface area contributed by atoms with Crippen molar-refractivity contribution < 1.29 is 9.47 Å². The average Bonchev–Trinajstić information content (AvgIpc) is 2.78. The van der Waals surface area contributed by atoms with Crippen molar-refractivity contribution in [3.05, 3.63) is 36.0 Å². The van der Waals surface area contributed by atoms with Gasteiger partial charge in [0, 0.05) is 6.04 Å². The second-order valence-corrected chi connectivity index (χ2v) is 4.56. The van der Waals surface area contributed by atoms with Gasteiger partial charge in [0.05, 0.1) is 18.9 Å². The van der Waals surface area contributed by atoms with Crippen molar-refractivity contribution in [1.82, 2.24) is 9.78 Å². The molecule has 0 aliphatic carbocycles. The summed E-state index contributed by atoms with van der Waals surface area (Å²) in [7, 11) is 1.64. The summed E-state index contributed by atoms with van der Waals surface area (Å²) >= 11 is 0. The van der Waals surface area contributed by atoms with Gasteiger partial charge in [-0.3, -0.25) is 0 Å². The van der Waals surface area contributed by atoms with E-state index in [-0.39, 0.29) is 6.04 Å². The van der Waals surface area contributed by atoms with Gasteiger partial charge in [-0.15, -0.1) is 0 Å². The summed E-state index contributed by atoms with van der Waals surface area (Å²) in [6.45, 7) is 4.49. The van der Waals surface area contributed by atoms with Gasteiger partial charge in [0.25, 0.3) is 0 Å². The SMILES string of the molecule is COc1ccc(OCc2cnn(C(C)C)c2N)cc1. The van der Waals surface area contributed by atoms with Gasteiger partial charge in [-0.2, -0.15) is 5.10 Å². The van der Waals surface area contributed by atoms with Crippen LogP contribution in [0.1, 0.15) is 25.5 Å². The minimum absolute atomic E-state index is 0.245. The molecule has 0 radical (unpaired) electrons. The molecule has 0 amide bonds. The summed E-state index contributed by atoms with van der Waals surface area (Å²) in [5.41, 5.74) is 6.91. The second-order valence-electron chi connectivity index (χ2n) is 4.56. The molecular weight excluding hydrogens is 242 g/mol. The number of nitrogens with two attached hydrogens (primary N) is 1. The Labute approximate surface area is 112 Å². The molecule has 0 atom stereocenters. The summed E-state index contributed by atoms with van der Waals surface area (Å²) in [6.07, 6.45) is 1.75. The lowest BCUT2D eigenvalue weighted by Gasteiger charge is -2.09. The first-order valence-corrected chi connectivity index (χ1v) is 6.20. The number of methoxy groups -OCH3 is 1. The van der Waals surface area contributed by atoms with Crippen molar-refractivity contribution in [2.24, 2.45) is 0 Å². The van der Waals surface area contributed by atoms with Crippen LogP contribution in [0, 0.1) is 0 Å². The van der Waals surface area contributed by atoms with Crippen molar-refractivity contribution in [3.63, 3.8) is 0 Å². The normalized spacial score (nSPS) is 10.7. The van der Waals surface area contributed by atoms with E-state index in [2.05, 4.69) is 5.10 Å². The Kier molecular flexibility index (Phi) is 3.94. The van der Waals surface area contributed by atoms with Gasteiger partial charge >= 0.3 is 0 Å². The fourth-order valence-electron chi connectivity index (χ4n) is 1.76. The molecule has 0 bridgehead atoms.